The van der Waals surface area contributed by atoms with E-state index in [0.29, 0.717) is 6.54 Å². The molecule has 1 aromatic rings. The van der Waals surface area contributed by atoms with Crippen LogP contribution in [0.3, 0.4) is 0 Å². The van der Waals surface area contributed by atoms with Crippen LogP contribution < -0.4 is 9.80 Å². The molecule has 0 saturated heterocycles. The third-order valence-corrected chi connectivity index (χ3v) is 2.51. The van der Waals surface area contributed by atoms with Crippen molar-refractivity contribution in [2.75, 3.05) is 29.9 Å². The predicted molar refractivity (Wildman–Crippen MR) is 58.1 cm³/mol. The van der Waals surface area contributed by atoms with Crippen LogP contribution in [0.2, 0.25) is 0 Å². The van der Waals surface area contributed by atoms with E-state index in [1.807, 2.05) is 36.2 Å². The fourth-order valence-electron chi connectivity index (χ4n) is 1.80. The lowest BCUT2D eigenvalue weighted by Crippen LogP contribution is -2.45. The van der Waals surface area contributed by atoms with Gasteiger partial charge in [0.15, 0.2) is 0 Å². The first-order valence-corrected chi connectivity index (χ1v) is 4.78. The maximum Gasteiger partial charge on any atom is 0.246 e. The predicted octanol–water partition coefficient (Wildman–Crippen LogP) is 0.668. The smallest absolute Gasteiger partial charge is 0.246 e. The molecule has 0 spiro atoms. The summed E-state index contributed by atoms with van der Waals surface area (Å²) in [5.74, 6) is -0.0386. The number of hydrogen-bond donors (Lipinski definition) is 0. The average Bonchev–Trinajstić information content (AvgIpc) is 2.24. The van der Waals surface area contributed by atoms with E-state index in [1.54, 1.807) is 0 Å². The number of nitrogens with zero attached hydrogens (tertiary/aromatic N) is 2. The summed E-state index contributed by atoms with van der Waals surface area (Å²) < 4.78 is 0. The van der Waals surface area contributed by atoms with E-state index in [2.05, 4.69) is 0 Å². The molecule has 1 heterocycles. The van der Waals surface area contributed by atoms with Crippen LogP contribution in [0.5, 0.6) is 0 Å². The minimum absolute atomic E-state index is 0.0386. The Kier molecular flexibility index (Phi) is 2.41. The number of likely N-dealkylation sites (N-methyl/N-ethyl adjacent to an activating group) is 1. The molecule has 1 amide bonds. The van der Waals surface area contributed by atoms with Crippen LogP contribution in [0.25, 0.3) is 0 Å². The monoisotopic (exact) mass is 204 g/mol. The summed E-state index contributed by atoms with van der Waals surface area (Å²) in [5, 5.41) is 0. The molecule has 1 aliphatic rings. The molecular formula is C11H12N2O2. The van der Waals surface area contributed by atoms with Crippen molar-refractivity contribution in [2.24, 2.45) is 0 Å². The standard InChI is InChI=1S/C11H12N2O2/c1-12-8-11(15)13(6-7-14)10-5-3-2-4-9(10)12/h2-5,7H,6,8H2,1H3. The summed E-state index contributed by atoms with van der Waals surface area (Å²) in [4.78, 5) is 25.6. The number of hydrogen-bond acceptors (Lipinski definition) is 3. The molecule has 15 heavy (non-hydrogen) atoms. The molecule has 0 fully saturated rings. The van der Waals surface area contributed by atoms with Gasteiger partial charge in [-0.1, -0.05) is 12.1 Å². The van der Waals surface area contributed by atoms with E-state index in [4.69, 9.17) is 0 Å². The van der Waals surface area contributed by atoms with Crippen molar-refractivity contribution >= 4 is 23.6 Å². The summed E-state index contributed by atoms with van der Waals surface area (Å²) in [6.07, 6.45) is 0.750. The van der Waals surface area contributed by atoms with Crippen molar-refractivity contribution in [3.8, 4) is 0 Å². The molecule has 0 aliphatic carbocycles. The van der Waals surface area contributed by atoms with Crippen LogP contribution in [0.15, 0.2) is 24.3 Å². The maximum absolute atomic E-state index is 11.7. The van der Waals surface area contributed by atoms with Gasteiger partial charge >= 0.3 is 0 Å². The Morgan fingerprint density at radius 2 is 2.00 bits per heavy atom. The molecule has 0 N–H and O–H groups in total. The zero-order chi connectivity index (χ0) is 10.8. The van der Waals surface area contributed by atoms with Crippen molar-refractivity contribution < 1.29 is 9.59 Å². The van der Waals surface area contributed by atoms with Crippen LogP contribution in [0, 0.1) is 0 Å². The summed E-state index contributed by atoms with van der Waals surface area (Å²) in [5.41, 5.74) is 1.79. The van der Waals surface area contributed by atoms with Gasteiger partial charge in [-0.2, -0.15) is 0 Å². The van der Waals surface area contributed by atoms with Gasteiger partial charge in [-0.05, 0) is 12.1 Å². The zero-order valence-electron chi connectivity index (χ0n) is 8.51. The molecule has 0 atom stereocenters. The van der Waals surface area contributed by atoms with Crippen LogP contribution in [-0.4, -0.2) is 32.3 Å². The summed E-state index contributed by atoms with van der Waals surface area (Å²) in [7, 11) is 1.87. The van der Waals surface area contributed by atoms with Gasteiger partial charge in [-0.3, -0.25) is 4.79 Å². The van der Waals surface area contributed by atoms with Gasteiger partial charge in [0.25, 0.3) is 0 Å². The lowest BCUT2D eigenvalue weighted by molar-refractivity contribution is -0.118. The molecule has 4 heteroatoms. The molecular weight excluding hydrogens is 192 g/mol. The Bertz CT molecular complexity index is 403. The van der Waals surface area contributed by atoms with E-state index in [-0.39, 0.29) is 12.5 Å². The quantitative estimate of drug-likeness (QED) is 0.665. The largest absolute Gasteiger partial charge is 0.364 e. The number of amides is 1. The Balaban J connectivity index is 2.46. The highest BCUT2D eigenvalue weighted by atomic mass is 16.2. The van der Waals surface area contributed by atoms with E-state index in [1.165, 1.54) is 4.90 Å². The molecule has 0 radical (unpaired) electrons. The molecule has 0 aromatic heterocycles. The summed E-state index contributed by atoms with van der Waals surface area (Å²) in [6, 6.07) is 7.58. The van der Waals surface area contributed by atoms with E-state index in [0.717, 1.165) is 17.7 Å². The number of para-hydroxylation sites is 2. The van der Waals surface area contributed by atoms with Crippen molar-refractivity contribution in [1.29, 1.82) is 0 Å². The van der Waals surface area contributed by atoms with Crippen LogP contribution in [0.4, 0.5) is 11.4 Å². The van der Waals surface area contributed by atoms with Gasteiger partial charge in [0, 0.05) is 7.05 Å². The fraction of sp³-hybridized carbons (Fsp3) is 0.273. The van der Waals surface area contributed by atoms with E-state index >= 15 is 0 Å². The molecule has 0 saturated carbocycles. The van der Waals surface area contributed by atoms with Gasteiger partial charge < -0.3 is 14.6 Å². The second-order valence-corrected chi connectivity index (χ2v) is 3.52. The van der Waals surface area contributed by atoms with Crippen molar-refractivity contribution in [3.05, 3.63) is 24.3 Å². The van der Waals surface area contributed by atoms with Gasteiger partial charge in [0.05, 0.1) is 24.5 Å². The van der Waals surface area contributed by atoms with Crippen LogP contribution in [-0.2, 0) is 9.59 Å². The highest BCUT2D eigenvalue weighted by molar-refractivity contribution is 6.04. The minimum Gasteiger partial charge on any atom is -0.364 e. The normalized spacial score (nSPS) is 15.1. The Hall–Kier alpha value is -1.84. The van der Waals surface area contributed by atoms with Gasteiger partial charge in [0.2, 0.25) is 5.91 Å². The third-order valence-electron chi connectivity index (χ3n) is 2.51. The first kappa shape index (κ1) is 9.71. The Morgan fingerprint density at radius 3 is 2.67 bits per heavy atom. The number of rotatable bonds is 2. The molecule has 78 valence electrons. The molecule has 1 aliphatic heterocycles. The van der Waals surface area contributed by atoms with Crippen molar-refractivity contribution in [1.82, 2.24) is 0 Å². The molecule has 4 nitrogen and oxygen atoms in total. The third kappa shape index (κ3) is 1.58. The first-order chi connectivity index (χ1) is 7.24. The first-order valence-electron chi connectivity index (χ1n) is 4.78. The lowest BCUT2D eigenvalue weighted by atomic mass is 10.1. The average molecular weight is 204 g/mol. The zero-order valence-corrected chi connectivity index (χ0v) is 8.51. The second-order valence-electron chi connectivity index (χ2n) is 3.52. The Morgan fingerprint density at radius 1 is 1.33 bits per heavy atom. The van der Waals surface area contributed by atoms with Gasteiger partial charge in [-0.15, -0.1) is 0 Å². The van der Waals surface area contributed by atoms with E-state index < -0.39 is 0 Å². The summed E-state index contributed by atoms with van der Waals surface area (Å²) >= 11 is 0. The SMILES string of the molecule is CN1CC(=O)N(CC=O)c2ccccc21. The summed E-state index contributed by atoms with van der Waals surface area (Å²) in [6.45, 7) is 0.453. The number of aldehydes is 1. The Labute approximate surface area is 88.1 Å². The lowest BCUT2D eigenvalue weighted by Gasteiger charge is -2.34. The molecule has 0 unspecified atom stereocenters. The number of fused-ring (bicyclic) bond motifs is 1. The highest BCUT2D eigenvalue weighted by Gasteiger charge is 2.26. The molecule has 1 aromatic carbocycles. The number of carbonyl (C=O) groups is 2. The fourth-order valence-corrected chi connectivity index (χ4v) is 1.80. The number of anilines is 2. The van der Waals surface area contributed by atoms with Crippen LogP contribution in [0.1, 0.15) is 0 Å². The second kappa shape index (κ2) is 3.73. The topological polar surface area (TPSA) is 40.6 Å². The highest BCUT2D eigenvalue weighted by Crippen LogP contribution is 2.31. The molecule has 2 rings (SSSR count). The molecule has 0 bridgehead atoms. The van der Waals surface area contributed by atoms with Crippen molar-refractivity contribution in [2.45, 2.75) is 0 Å². The van der Waals surface area contributed by atoms with Gasteiger partial charge in [0.1, 0.15) is 6.29 Å². The van der Waals surface area contributed by atoms with Crippen molar-refractivity contribution in [3.63, 3.8) is 0 Å². The van der Waals surface area contributed by atoms with Gasteiger partial charge in [-0.25, -0.2) is 0 Å². The number of benzene rings is 1. The van der Waals surface area contributed by atoms with Crippen LogP contribution >= 0.6 is 0 Å². The van der Waals surface area contributed by atoms with E-state index in [9.17, 15) is 9.59 Å². The number of carbonyl (C=O) groups excluding carboxylic acids is 2. The maximum atomic E-state index is 11.7. The minimum atomic E-state index is -0.0386.